The third-order valence-electron chi connectivity index (χ3n) is 2.94. The number of rotatable bonds is 6. The number of nitrogens with zero attached hydrogens (tertiary/aromatic N) is 4. The summed E-state index contributed by atoms with van der Waals surface area (Å²) in [5.41, 5.74) is 0.783. The standard InChI is InChI=1S/C14H18N6O2.C2H4.H2/c1-3-4-5-12(21)18-11-7-15-9-16-13(11)19-14(22)10-6-17-20(2)8-10;1-2;/h6-9H,3-5H2,1-2H3,(H,18,21)(H,15,16,19,22);1-2H2;1H. The number of aromatic nitrogens is 4. The number of hydrogen-bond acceptors (Lipinski definition) is 5. The Morgan fingerprint density at radius 2 is 2.04 bits per heavy atom. The molecule has 2 aromatic rings. The van der Waals surface area contributed by atoms with Gasteiger partial charge in [-0.15, -0.1) is 13.2 Å². The third-order valence-corrected chi connectivity index (χ3v) is 2.94. The summed E-state index contributed by atoms with van der Waals surface area (Å²) >= 11 is 0. The van der Waals surface area contributed by atoms with Crippen molar-refractivity contribution in [2.75, 3.05) is 10.6 Å². The summed E-state index contributed by atoms with van der Waals surface area (Å²) in [6, 6.07) is 0. The van der Waals surface area contributed by atoms with Crippen molar-refractivity contribution in [1.82, 2.24) is 19.7 Å². The summed E-state index contributed by atoms with van der Waals surface area (Å²) < 4.78 is 1.53. The molecule has 0 aromatic carbocycles. The molecule has 0 aliphatic rings. The van der Waals surface area contributed by atoms with Crippen molar-refractivity contribution < 1.29 is 11.0 Å². The molecule has 130 valence electrons. The van der Waals surface area contributed by atoms with Gasteiger partial charge in [0.05, 0.1) is 18.0 Å². The van der Waals surface area contributed by atoms with Crippen LogP contribution in [-0.4, -0.2) is 31.6 Å². The molecule has 2 aromatic heterocycles. The van der Waals surface area contributed by atoms with Crippen molar-refractivity contribution in [3.8, 4) is 0 Å². The Bertz CT molecular complexity index is 689. The minimum Gasteiger partial charge on any atom is -0.322 e. The lowest BCUT2D eigenvalue weighted by molar-refractivity contribution is -0.116. The monoisotopic (exact) mass is 332 g/mol. The van der Waals surface area contributed by atoms with Gasteiger partial charge in [0.1, 0.15) is 12.0 Å². The fourth-order valence-corrected chi connectivity index (χ4v) is 1.79. The maximum absolute atomic E-state index is 12.1. The molecular weight excluding hydrogens is 308 g/mol. The smallest absolute Gasteiger partial charge is 0.260 e. The van der Waals surface area contributed by atoms with E-state index >= 15 is 0 Å². The largest absolute Gasteiger partial charge is 0.322 e. The fraction of sp³-hybridized carbons (Fsp3) is 0.312. The summed E-state index contributed by atoms with van der Waals surface area (Å²) in [4.78, 5) is 31.8. The third kappa shape index (κ3) is 5.64. The molecule has 0 saturated heterocycles. The van der Waals surface area contributed by atoms with Crippen LogP contribution in [-0.2, 0) is 11.8 Å². The normalized spacial score (nSPS) is 9.58. The highest BCUT2D eigenvalue weighted by Crippen LogP contribution is 2.18. The highest BCUT2D eigenvalue weighted by atomic mass is 16.2. The number of amides is 2. The van der Waals surface area contributed by atoms with Crippen LogP contribution in [0.2, 0.25) is 0 Å². The highest BCUT2D eigenvalue weighted by molar-refractivity contribution is 6.06. The topological polar surface area (TPSA) is 102 Å². The first-order valence-corrected chi connectivity index (χ1v) is 7.50. The van der Waals surface area contributed by atoms with E-state index in [1.165, 1.54) is 23.4 Å². The average Bonchev–Trinajstić information content (AvgIpc) is 3.03. The number of anilines is 2. The van der Waals surface area contributed by atoms with Gasteiger partial charge in [0.15, 0.2) is 5.82 Å². The van der Waals surface area contributed by atoms with Crippen molar-refractivity contribution in [3.63, 3.8) is 0 Å². The van der Waals surface area contributed by atoms with E-state index in [0.717, 1.165) is 12.8 Å². The van der Waals surface area contributed by atoms with Gasteiger partial charge in [0.2, 0.25) is 5.91 Å². The molecule has 0 saturated carbocycles. The Hall–Kier alpha value is -3.03. The van der Waals surface area contributed by atoms with Crippen LogP contribution in [0.15, 0.2) is 38.1 Å². The summed E-state index contributed by atoms with van der Waals surface area (Å²) in [6.45, 7) is 8.01. The molecule has 2 rings (SSSR count). The lowest BCUT2D eigenvalue weighted by Gasteiger charge is -2.09. The Labute approximate surface area is 142 Å². The maximum atomic E-state index is 12.1. The number of unbranched alkanes of at least 4 members (excludes halogenated alkanes) is 1. The summed E-state index contributed by atoms with van der Waals surface area (Å²) in [7, 11) is 1.72. The zero-order valence-corrected chi connectivity index (χ0v) is 14.0. The van der Waals surface area contributed by atoms with E-state index in [9.17, 15) is 9.59 Å². The maximum Gasteiger partial charge on any atom is 0.260 e. The Morgan fingerprint density at radius 1 is 1.29 bits per heavy atom. The first-order valence-electron chi connectivity index (χ1n) is 7.50. The van der Waals surface area contributed by atoms with Crippen LogP contribution in [0.4, 0.5) is 11.5 Å². The molecule has 8 heteroatoms. The van der Waals surface area contributed by atoms with Crippen LogP contribution in [0.1, 0.15) is 38.0 Å². The van der Waals surface area contributed by atoms with E-state index < -0.39 is 0 Å². The Kier molecular flexibility index (Phi) is 7.83. The lowest BCUT2D eigenvalue weighted by atomic mass is 10.2. The van der Waals surface area contributed by atoms with Gasteiger partial charge in [-0.05, 0) is 6.42 Å². The molecule has 2 amide bonds. The fourth-order valence-electron chi connectivity index (χ4n) is 1.79. The number of nitrogens with one attached hydrogen (secondary N) is 2. The van der Waals surface area contributed by atoms with Crippen LogP contribution in [0.5, 0.6) is 0 Å². The molecule has 0 bridgehead atoms. The predicted molar refractivity (Wildman–Crippen MR) is 94.7 cm³/mol. The molecule has 0 aliphatic carbocycles. The zero-order valence-electron chi connectivity index (χ0n) is 14.0. The van der Waals surface area contributed by atoms with Crippen molar-refractivity contribution >= 4 is 23.3 Å². The molecule has 0 aliphatic heterocycles. The minimum atomic E-state index is -0.351. The van der Waals surface area contributed by atoms with Gasteiger partial charge in [-0.1, -0.05) is 13.3 Å². The quantitative estimate of drug-likeness (QED) is 0.792. The minimum absolute atomic E-state index is 0. The second-order valence-electron chi connectivity index (χ2n) is 4.79. The van der Waals surface area contributed by atoms with Crippen LogP contribution < -0.4 is 10.6 Å². The van der Waals surface area contributed by atoms with Gasteiger partial charge in [-0.2, -0.15) is 5.10 Å². The number of aryl methyl sites for hydroxylation is 1. The van der Waals surface area contributed by atoms with Crippen molar-refractivity contribution in [1.29, 1.82) is 0 Å². The van der Waals surface area contributed by atoms with Crippen molar-refractivity contribution in [3.05, 3.63) is 43.6 Å². The number of carbonyl (C=O) groups excluding carboxylic acids is 2. The molecule has 8 nitrogen and oxygen atoms in total. The van der Waals surface area contributed by atoms with Gasteiger partial charge in [0.25, 0.3) is 5.91 Å². The van der Waals surface area contributed by atoms with Crippen LogP contribution in [0.25, 0.3) is 0 Å². The molecule has 2 heterocycles. The predicted octanol–water partition coefficient (Wildman–Crippen LogP) is 2.64. The zero-order chi connectivity index (χ0) is 17.9. The molecule has 0 atom stereocenters. The average molecular weight is 332 g/mol. The second-order valence-corrected chi connectivity index (χ2v) is 4.79. The summed E-state index contributed by atoms with van der Waals surface area (Å²) in [6.07, 6.45) is 7.96. The van der Waals surface area contributed by atoms with E-state index in [1.807, 2.05) is 6.92 Å². The Morgan fingerprint density at radius 3 is 2.67 bits per heavy atom. The van der Waals surface area contributed by atoms with E-state index in [4.69, 9.17) is 0 Å². The van der Waals surface area contributed by atoms with E-state index in [2.05, 4.69) is 38.9 Å². The first-order chi connectivity index (χ1) is 11.6. The Balaban J connectivity index is 0.00000185. The van der Waals surface area contributed by atoms with Gasteiger partial charge in [-0.3, -0.25) is 14.3 Å². The summed E-state index contributed by atoms with van der Waals surface area (Å²) in [5.74, 6) is -0.224. The molecular formula is C16H24N6O2. The lowest BCUT2D eigenvalue weighted by Crippen LogP contribution is -2.17. The summed E-state index contributed by atoms with van der Waals surface area (Å²) in [5, 5.41) is 9.29. The van der Waals surface area contributed by atoms with Gasteiger partial charge in [0, 0.05) is 21.1 Å². The highest BCUT2D eigenvalue weighted by Gasteiger charge is 2.13. The number of carbonyl (C=O) groups is 2. The molecule has 24 heavy (non-hydrogen) atoms. The van der Waals surface area contributed by atoms with E-state index in [0.29, 0.717) is 17.7 Å². The van der Waals surface area contributed by atoms with E-state index in [1.54, 1.807) is 13.2 Å². The van der Waals surface area contributed by atoms with E-state index in [-0.39, 0.29) is 19.1 Å². The van der Waals surface area contributed by atoms with Gasteiger partial charge >= 0.3 is 0 Å². The first kappa shape index (κ1) is 19.0. The molecule has 0 unspecified atom stereocenters. The molecule has 0 radical (unpaired) electrons. The van der Waals surface area contributed by atoms with Crippen LogP contribution in [0, 0.1) is 0 Å². The molecule has 0 spiro atoms. The van der Waals surface area contributed by atoms with Crippen molar-refractivity contribution in [2.45, 2.75) is 26.2 Å². The van der Waals surface area contributed by atoms with Gasteiger partial charge in [-0.25, -0.2) is 9.97 Å². The van der Waals surface area contributed by atoms with Crippen LogP contribution in [0.3, 0.4) is 0 Å². The second kappa shape index (κ2) is 9.88. The van der Waals surface area contributed by atoms with Crippen LogP contribution >= 0.6 is 0 Å². The molecule has 0 fully saturated rings. The SMILES string of the molecule is C=C.CCCCC(=O)Nc1cncnc1NC(=O)c1cnn(C)c1.[HH]. The van der Waals surface area contributed by atoms with Crippen molar-refractivity contribution in [2.24, 2.45) is 7.05 Å². The van der Waals surface area contributed by atoms with Gasteiger partial charge < -0.3 is 10.6 Å². The molecule has 2 N–H and O–H groups in total. The number of hydrogen-bond donors (Lipinski definition) is 2.